The molecule has 0 spiro atoms. The fourth-order valence-electron chi connectivity index (χ4n) is 5.93. The summed E-state index contributed by atoms with van der Waals surface area (Å²) in [5.41, 5.74) is 7.99. The first kappa shape index (κ1) is 23.0. The highest BCUT2D eigenvalue weighted by atomic mass is 28.4. The number of carbonyl (C=O) groups excluding carboxylic acids is 1. The quantitative estimate of drug-likeness (QED) is 0.623. The van der Waals surface area contributed by atoms with E-state index >= 15 is 0 Å². The third kappa shape index (κ3) is 7.22. The molecule has 0 aromatic carbocycles. The molecule has 2 aliphatic carbocycles. The first-order valence-electron chi connectivity index (χ1n) is 12.2. The molecule has 166 valence electrons. The molecule has 3 N–H and O–H groups in total. The fourth-order valence-corrected chi connectivity index (χ4v) is 6.67. The molecule has 0 bridgehead atoms. The van der Waals surface area contributed by atoms with E-state index in [0.717, 1.165) is 56.7 Å². The molecular weight excluding hydrogens is 376 g/mol. The number of hydrogen-bond donors (Lipinski definition) is 2. The lowest BCUT2D eigenvalue weighted by molar-refractivity contribution is -0.134. The van der Waals surface area contributed by atoms with Crippen LogP contribution < -0.4 is 5.73 Å². The van der Waals surface area contributed by atoms with Gasteiger partial charge in [-0.25, -0.2) is 0 Å². The van der Waals surface area contributed by atoms with Crippen LogP contribution in [0.3, 0.4) is 0 Å². The average Bonchev–Trinajstić information content (AvgIpc) is 2.73. The van der Waals surface area contributed by atoms with Crippen LogP contribution in [-0.4, -0.2) is 43.6 Å². The van der Waals surface area contributed by atoms with Gasteiger partial charge in [0.25, 0.3) is 0 Å². The smallest absolute Gasteiger partial charge is 0.222 e. The van der Waals surface area contributed by atoms with E-state index < -0.39 is 8.32 Å². The number of piperidine rings is 1. The van der Waals surface area contributed by atoms with Crippen molar-refractivity contribution in [3.05, 3.63) is 11.8 Å². The van der Waals surface area contributed by atoms with E-state index in [-0.39, 0.29) is 0 Å². The van der Waals surface area contributed by atoms with Crippen LogP contribution in [0.15, 0.2) is 11.8 Å². The van der Waals surface area contributed by atoms with Gasteiger partial charge in [-0.15, -0.1) is 0 Å². The SMILES string of the molecule is C[Si](C)(O)/C=C/C1CCC(CC(=O)N2CCC(C3CCCC(CN)C3)CC2)CC1. The molecule has 3 rings (SSSR count). The van der Waals surface area contributed by atoms with Crippen LogP contribution >= 0.6 is 0 Å². The minimum Gasteiger partial charge on any atom is -0.428 e. The van der Waals surface area contributed by atoms with Crippen LogP contribution in [0.25, 0.3) is 0 Å². The van der Waals surface area contributed by atoms with E-state index in [1.807, 2.05) is 13.1 Å². The fraction of sp³-hybridized carbons (Fsp3) is 0.875. The van der Waals surface area contributed by atoms with Gasteiger partial charge in [0.05, 0.1) is 0 Å². The lowest BCUT2D eigenvalue weighted by Gasteiger charge is -2.40. The zero-order valence-electron chi connectivity index (χ0n) is 18.8. The van der Waals surface area contributed by atoms with Crippen LogP contribution in [0.1, 0.15) is 70.6 Å². The minimum atomic E-state index is -2.08. The summed E-state index contributed by atoms with van der Waals surface area (Å²) in [5, 5.41) is 0. The van der Waals surface area contributed by atoms with Crippen molar-refractivity contribution in [1.82, 2.24) is 4.90 Å². The molecule has 5 heteroatoms. The van der Waals surface area contributed by atoms with Gasteiger partial charge in [-0.2, -0.15) is 0 Å². The van der Waals surface area contributed by atoms with Crippen LogP contribution in [0.5, 0.6) is 0 Å². The van der Waals surface area contributed by atoms with Crippen molar-refractivity contribution < 1.29 is 9.59 Å². The number of likely N-dealkylation sites (tertiary alicyclic amines) is 1. The van der Waals surface area contributed by atoms with Crippen LogP contribution in [0, 0.1) is 29.6 Å². The summed E-state index contributed by atoms with van der Waals surface area (Å²) in [7, 11) is -2.08. The van der Waals surface area contributed by atoms with Gasteiger partial charge in [-0.3, -0.25) is 4.79 Å². The number of hydrogen-bond acceptors (Lipinski definition) is 3. The summed E-state index contributed by atoms with van der Waals surface area (Å²) >= 11 is 0. The highest BCUT2D eigenvalue weighted by molar-refractivity contribution is 6.74. The second-order valence-corrected chi connectivity index (χ2v) is 14.4. The number of allylic oxidation sites excluding steroid dienone is 1. The molecule has 3 aliphatic rings. The lowest BCUT2D eigenvalue weighted by atomic mass is 9.72. The molecule has 2 unspecified atom stereocenters. The first-order chi connectivity index (χ1) is 13.8. The number of nitrogens with two attached hydrogens (primary N) is 1. The van der Waals surface area contributed by atoms with Gasteiger partial charge in [0.2, 0.25) is 14.2 Å². The maximum absolute atomic E-state index is 12.9. The second kappa shape index (κ2) is 10.6. The second-order valence-electron chi connectivity index (χ2n) is 10.7. The summed E-state index contributed by atoms with van der Waals surface area (Å²) in [4.78, 5) is 25.0. The van der Waals surface area contributed by atoms with Crippen molar-refractivity contribution in [2.45, 2.75) is 83.7 Å². The molecule has 0 aromatic heterocycles. The zero-order valence-corrected chi connectivity index (χ0v) is 19.8. The van der Waals surface area contributed by atoms with E-state index in [1.165, 1.54) is 51.4 Å². The molecule has 2 saturated carbocycles. The average molecular weight is 421 g/mol. The van der Waals surface area contributed by atoms with Gasteiger partial charge < -0.3 is 15.4 Å². The van der Waals surface area contributed by atoms with Crippen LogP contribution in [0.4, 0.5) is 0 Å². The number of nitrogens with zero attached hydrogens (tertiary/aromatic N) is 1. The Balaban J connectivity index is 1.37. The molecule has 1 heterocycles. The normalized spacial score (nSPS) is 32.6. The zero-order chi connectivity index (χ0) is 20.9. The molecule has 29 heavy (non-hydrogen) atoms. The lowest BCUT2D eigenvalue weighted by Crippen LogP contribution is -2.41. The Hall–Kier alpha value is -0.653. The molecule has 0 aromatic rings. The van der Waals surface area contributed by atoms with Gasteiger partial charge in [0.1, 0.15) is 0 Å². The third-order valence-electron chi connectivity index (χ3n) is 7.85. The third-order valence-corrected chi connectivity index (χ3v) is 8.85. The van der Waals surface area contributed by atoms with E-state index in [9.17, 15) is 9.59 Å². The van der Waals surface area contributed by atoms with Gasteiger partial charge >= 0.3 is 0 Å². The van der Waals surface area contributed by atoms with E-state index in [1.54, 1.807) is 0 Å². The maximum Gasteiger partial charge on any atom is 0.222 e. The number of carbonyl (C=O) groups is 1. The summed E-state index contributed by atoms with van der Waals surface area (Å²) in [6.07, 6.45) is 15.4. The molecule has 1 aliphatic heterocycles. The van der Waals surface area contributed by atoms with Gasteiger partial charge in [-0.1, -0.05) is 24.6 Å². The molecule has 1 amide bonds. The Morgan fingerprint density at radius 1 is 1.00 bits per heavy atom. The van der Waals surface area contributed by atoms with Crippen molar-refractivity contribution in [3.63, 3.8) is 0 Å². The summed E-state index contributed by atoms with van der Waals surface area (Å²) < 4.78 is 0. The summed E-state index contributed by atoms with van der Waals surface area (Å²) in [6.45, 7) is 6.72. The topological polar surface area (TPSA) is 66.6 Å². The van der Waals surface area contributed by atoms with Gasteiger partial charge in [0.15, 0.2) is 0 Å². The van der Waals surface area contributed by atoms with Crippen molar-refractivity contribution in [1.29, 1.82) is 0 Å². The maximum atomic E-state index is 12.9. The number of rotatable bonds is 6. The molecular formula is C24H44N2O2Si. The Bertz CT molecular complexity index is 544. The predicted molar refractivity (Wildman–Crippen MR) is 123 cm³/mol. The van der Waals surface area contributed by atoms with E-state index in [4.69, 9.17) is 5.73 Å². The molecule has 3 fully saturated rings. The van der Waals surface area contributed by atoms with Gasteiger partial charge in [-0.05, 0) is 101 Å². The van der Waals surface area contributed by atoms with Crippen molar-refractivity contribution >= 4 is 14.2 Å². The summed E-state index contributed by atoms with van der Waals surface area (Å²) in [5.74, 6) is 3.97. The Morgan fingerprint density at radius 2 is 1.69 bits per heavy atom. The Morgan fingerprint density at radius 3 is 2.31 bits per heavy atom. The first-order valence-corrected chi connectivity index (χ1v) is 15.3. The van der Waals surface area contributed by atoms with Crippen molar-refractivity contribution in [3.8, 4) is 0 Å². The van der Waals surface area contributed by atoms with Crippen LogP contribution in [0.2, 0.25) is 13.1 Å². The predicted octanol–water partition coefficient (Wildman–Crippen LogP) is 4.48. The van der Waals surface area contributed by atoms with E-state index in [2.05, 4.69) is 16.7 Å². The largest absolute Gasteiger partial charge is 0.428 e. The molecule has 4 nitrogen and oxygen atoms in total. The molecule has 1 saturated heterocycles. The summed E-state index contributed by atoms with van der Waals surface area (Å²) in [6, 6.07) is 0. The Kier molecular flexibility index (Phi) is 8.40. The van der Waals surface area contributed by atoms with E-state index in [0.29, 0.717) is 17.7 Å². The van der Waals surface area contributed by atoms with Crippen molar-refractivity contribution in [2.24, 2.45) is 35.3 Å². The van der Waals surface area contributed by atoms with Gasteiger partial charge in [0, 0.05) is 19.5 Å². The Labute approximate surface area is 179 Å². The molecule has 2 atom stereocenters. The highest BCUT2D eigenvalue weighted by Crippen LogP contribution is 2.38. The van der Waals surface area contributed by atoms with Crippen molar-refractivity contribution in [2.75, 3.05) is 19.6 Å². The molecule has 0 radical (unpaired) electrons. The standard InChI is InChI=1S/C24H44N2O2Si/c1-29(2,28)15-12-19-6-8-20(9-7-19)17-24(27)26-13-10-22(11-14-26)23-5-3-4-21(16-23)18-25/h12,15,19-23,28H,3-11,13-14,16-18,25H2,1-2H3/b15-12+. The monoisotopic (exact) mass is 420 g/mol. The minimum absolute atomic E-state index is 0.398. The van der Waals surface area contributed by atoms with Crippen LogP contribution in [-0.2, 0) is 4.79 Å². The number of amides is 1. The highest BCUT2D eigenvalue weighted by Gasteiger charge is 2.32.